The van der Waals surface area contributed by atoms with E-state index in [1.54, 1.807) is 17.1 Å². The van der Waals surface area contributed by atoms with Crippen LogP contribution in [0.5, 0.6) is 0 Å². The van der Waals surface area contributed by atoms with Crippen LogP contribution < -0.4 is 5.32 Å². The van der Waals surface area contributed by atoms with E-state index in [1.165, 1.54) is 0 Å². The number of ether oxygens (including phenoxy) is 1. The molecule has 1 saturated heterocycles. The van der Waals surface area contributed by atoms with Crippen molar-refractivity contribution in [2.45, 2.75) is 19.8 Å². The molecule has 0 radical (unpaired) electrons. The number of aromatic nitrogens is 7. The van der Waals surface area contributed by atoms with Crippen LogP contribution >= 0.6 is 0 Å². The minimum atomic E-state index is 0.195. The second-order valence-electron chi connectivity index (χ2n) is 7.51. The van der Waals surface area contributed by atoms with E-state index < -0.39 is 0 Å². The number of hydrogen-bond donors (Lipinski definition) is 1. The molecule has 0 atom stereocenters. The van der Waals surface area contributed by atoms with Gasteiger partial charge in [0.2, 0.25) is 5.95 Å². The molecule has 5 rings (SSSR count). The molecule has 9 nitrogen and oxygen atoms in total. The van der Waals surface area contributed by atoms with Gasteiger partial charge in [0.05, 0.1) is 25.1 Å². The van der Waals surface area contributed by atoms with Crippen LogP contribution in [0.4, 0.5) is 11.8 Å². The first-order valence-electron chi connectivity index (χ1n) is 9.66. The maximum absolute atomic E-state index is 5.44. The lowest BCUT2D eigenvalue weighted by atomic mass is 9.80. The van der Waals surface area contributed by atoms with Crippen LogP contribution in [0.25, 0.3) is 16.9 Å². The first kappa shape index (κ1) is 17.7. The average Bonchev–Trinajstić information content (AvgIpc) is 3.30. The second kappa shape index (κ2) is 6.93. The molecule has 1 aliphatic heterocycles. The molecule has 1 aliphatic rings. The van der Waals surface area contributed by atoms with Crippen LogP contribution in [0, 0.1) is 5.41 Å². The third-order valence-electron chi connectivity index (χ3n) is 5.59. The lowest BCUT2D eigenvalue weighted by Gasteiger charge is -2.40. The summed E-state index contributed by atoms with van der Waals surface area (Å²) in [5.74, 6) is 2.31. The summed E-state index contributed by atoms with van der Waals surface area (Å²) in [6.07, 6.45) is 7.42. The Bertz CT molecular complexity index is 1150. The average molecular weight is 390 g/mol. The summed E-state index contributed by atoms with van der Waals surface area (Å²) in [6, 6.07) is 7.79. The molecule has 4 aromatic rings. The first-order valence-corrected chi connectivity index (χ1v) is 9.66. The number of anilines is 2. The number of pyridine rings is 1. The predicted octanol–water partition coefficient (Wildman–Crippen LogP) is 2.63. The third-order valence-corrected chi connectivity index (χ3v) is 5.59. The second-order valence-corrected chi connectivity index (χ2v) is 7.51. The largest absolute Gasteiger partial charge is 0.380 e. The van der Waals surface area contributed by atoms with E-state index in [9.17, 15) is 0 Å². The first-order chi connectivity index (χ1) is 14.2. The summed E-state index contributed by atoms with van der Waals surface area (Å²) in [6.45, 7) is 3.80. The van der Waals surface area contributed by atoms with Crippen LogP contribution in [0.15, 0.2) is 42.9 Å². The Morgan fingerprint density at radius 1 is 1.17 bits per heavy atom. The maximum atomic E-state index is 5.44. The van der Waals surface area contributed by atoms with Crippen molar-refractivity contribution in [2.75, 3.05) is 18.5 Å². The number of aryl methyl sites for hydroxylation is 1. The summed E-state index contributed by atoms with van der Waals surface area (Å²) < 4.78 is 9.22. The van der Waals surface area contributed by atoms with Gasteiger partial charge in [0, 0.05) is 42.9 Å². The van der Waals surface area contributed by atoms with Gasteiger partial charge in [-0.2, -0.15) is 5.10 Å². The molecular weight excluding hydrogens is 368 g/mol. The highest BCUT2D eigenvalue weighted by molar-refractivity contribution is 5.65. The molecule has 0 amide bonds. The van der Waals surface area contributed by atoms with Gasteiger partial charge in [0.25, 0.3) is 0 Å². The number of rotatable bonds is 6. The van der Waals surface area contributed by atoms with Gasteiger partial charge >= 0.3 is 0 Å². The number of nitrogens with zero attached hydrogens (tertiary/aromatic N) is 7. The van der Waals surface area contributed by atoms with Crippen LogP contribution in [0.3, 0.4) is 0 Å². The zero-order valence-corrected chi connectivity index (χ0v) is 16.4. The fourth-order valence-corrected chi connectivity index (χ4v) is 3.57. The number of fused-ring (bicyclic) bond motifs is 1. The molecule has 0 spiro atoms. The molecular formula is C20H22N8O. The van der Waals surface area contributed by atoms with E-state index in [2.05, 4.69) is 41.9 Å². The highest BCUT2D eigenvalue weighted by atomic mass is 16.5. The number of hydrogen-bond acceptors (Lipinski definition) is 7. The van der Waals surface area contributed by atoms with Crippen molar-refractivity contribution in [1.29, 1.82) is 0 Å². The third kappa shape index (κ3) is 3.23. The summed E-state index contributed by atoms with van der Waals surface area (Å²) in [7, 11) is 1.86. The van der Waals surface area contributed by atoms with Crippen molar-refractivity contribution in [3.05, 3.63) is 48.7 Å². The minimum absolute atomic E-state index is 0.195. The van der Waals surface area contributed by atoms with Crippen LogP contribution in [-0.4, -0.2) is 47.6 Å². The van der Waals surface area contributed by atoms with Gasteiger partial charge in [-0.25, -0.2) is 9.97 Å². The zero-order valence-electron chi connectivity index (χ0n) is 16.4. The zero-order chi connectivity index (χ0) is 19.8. The Labute approximate surface area is 167 Å². The van der Waals surface area contributed by atoms with Gasteiger partial charge in [0.1, 0.15) is 11.6 Å². The summed E-state index contributed by atoms with van der Waals surface area (Å²) in [5, 5.41) is 16.1. The van der Waals surface area contributed by atoms with Crippen molar-refractivity contribution in [2.24, 2.45) is 12.5 Å². The molecule has 0 unspecified atom stereocenters. The Kier molecular flexibility index (Phi) is 4.24. The SMILES string of the molecule is CCC1(Cc2nnc3cc(-c4ccnc(Nc5ccnn5C)n4)ccn23)COC1. The van der Waals surface area contributed by atoms with Gasteiger partial charge in [-0.15, -0.1) is 10.2 Å². The van der Waals surface area contributed by atoms with Gasteiger partial charge < -0.3 is 10.1 Å². The van der Waals surface area contributed by atoms with Crippen molar-refractivity contribution in [3.8, 4) is 11.3 Å². The fourth-order valence-electron chi connectivity index (χ4n) is 3.57. The molecule has 0 aromatic carbocycles. The summed E-state index contributed by atoms with van der Waals surface area (Å²) in [4.78, 5) is 8.93. The summed E-state index contributed by atoms with van der Waals surface area (Å²) >= 11 is 0. The lowest BCUT2D eigenvalue weighted by Crippen LogP contribution is -2.44. The van der Waals surface area contributed by atoms with E-state index in [0.717, 1.165) is 54.6 Å². The van der Waals surface area contributed by atoms with Gasteiger partial charge in [0.15, 0.2) is 5.65 Å². The molecule has 4 aromatic heterocycles. The van der Waals surface area contributed by atoms with Crippen molar-refractivity contribution < 1.29 is 4.74 Å². The Morgan fingerprint density at radius 2 is 2.07 bits per heavy atom. The molecule has 0 aliphatic carbocycles. The topological polar surface area (TPSA) is 95.1 Å². The molecule has 9 heteroatoms. The monoisotopic (exact) mass is 390 g/mol. The minimum Gasteiger partial charge on any atom is -0.380 e. The van der Waals surface area contributed by atoms with Gasteiger partial charge in [-0.3, -0.25) is 9.08 Å². The molecule has 0 saturated carbocycles. The van der Waals surface area contributed by atoms with Gasteiger partial charge in [-0.05, 0) is 24.6 Å². The van der Waals surface area contributed by atoms with Crippen molar-refractivity contribution in [1.82, 2.24) is 34.3 Å². The van der Waals surface area contributed by atoms with E-state index >= 15 is 0 Å². The molecule has 1 N–H and O–H groups in total. The predicted molar refractivity (Wildman–Crippen MR) is 108 cm³/mol. The molecule has 5 heterocycles. The van der Waals surface area contributed by atoms with Crippen molar-refractivity contribution in [3.63, 3.8) is 0 Å². The smallest absolute Gasteiger partial charge is 0.228 e. The molecule has 1 fully saturated rings. The van der Waals surface area contributed by atoms with Crippen LogP contribution in [-0.2, 0) is 18.2 Å². The van der Waals surface area contributed by atoms with Crippen LogP contribution in [0.1, 0.15) is 19.2 Å². The normalized spacial score (nSPS) is 15.4. The molecule has 29 heavy (non-hydrogen) atoms. The summed E-state index contributed by atoms with van der Waals surface area (Å²) in [5.41, 5.74) is 2.78. The Morgan fingerprint density at radius 3 is 2.79 bits per heavy atom. The Balaban J connectivity index is 1.42. The quantitative estimate of drug-likeness (QED) is 0.541. The standard InChI is InChI=1S/C20H22N8O/c1-3-20(12-29-13-20)11-18-26-25-17-10-14(6-9-28(17)18)15-4-7-21-19(23-15)24-16-5-8-22-27(16)2/h4-10H,3,11-13H2,1-2H3,(H,21,23,24). The van der Waals surface area contributed by atoms with E-state index in [4.69, 9.17) is 4.74 Å². The number of nitrogens with one attached hydrogen (secondary N) is 1. The van der Waals surface area contributed by atoms with Crippen LogP contribution in [0.2, 0.25) is 0 Å². The maximum Gasteiger partial charge on any atom is 0.228 e. The van der Waals surface area contributed by atoms with E-state index in [-0.39, 0.29) is 5.41 Å². The highest BCUT2D eigenvalue weighted by Crippen LogP contribution is 2.34. The van der Waals surface area contributed by atoms with Gasteiger partial charge in [-0.1, -0.05) is 6.92 Å². The van der Waals surface area contributed by atoms with E-state index in [0.29, 0.717) is 5.95 Å². The fraction of sp³-hybridized carbons (Fsp3) is 0.350. The Hall–Kier alpha value is -3.33. The van der Waals surface area contributed by atoms with E-state index in [1.807, 2.05) is 37.5 Å². The molecule has 0 bridgehead atoms. The van der Waals surface area contributed by atoms with Crippen molar-refractivity contribution >= 4 is 17.4 Å². The molecule has 148 valence electrons. The highest BCUT2D eigenvalue weighted by Gasteiger charge is 2.38. The lowest BCUT2D eigenvalue weighted by molar-refractivity contribution is -0.115.